The van der Waals surface area contributed by atoms with Gasteiger partial charge in [0.2, 0.25) is 11.8 Å². The van der Waals surface area contributed by atoms with Gasteiger partial charge in [0.05, 0.1) is 10.9 Å². The predicted octanol–water partition coefficient (Wildman–Crippen LogP) is 3.02. The minimum atomic E-state index is -0.606. The predicted molar refractivity (Wildman–Crippen MR) is 143 cm³/mol. The first-order chi connectivity index (χ1) is 18.3. The van der Waals surface area contributed by atoms with Crippen molar-refractivity contribution in [3.05, 3.63) is 116 Å². The Bertz CT molecular complexity index is 1560. The molecule has 4 aromatic rings. The van der Waals surface area contributed by atoms with Crippen molar-refractivity contribution in [2.24, 2.45) is 0 Å². The molecule has 8 nitrogen and oxygen atoms in total. The lowest BCUT2D eigenvalue weighted by Crippen LogP contribution is -2.42. The molecule has 38 heavy (non-hydrogen) atoms. The van der Waals surface area contributed by atoms with E-state index in [1.807, 2.05) is 31.2 Å². The summed E-state index contributed by atoms with van der Waals surface area (Å²) in [5, 5.41) is 5.89. The van der Waals surface area contributed by atoms with E-state index in [0.29, 0.717) is 17.4 Å². The number of carbonyl (C=O) groups is 2. The highest BCUT2D eigenvalue weighted by Crippen LogP contribution is 2.09. The van der Waals surface area contributed by atoms with Crippen LogP contribution in [0.5, 0.6) is 0 Å². The van der Waals surface area contributed by atoms with E-state index in [-0.39, 0.29) is 50.1 Å². The van der Waals surface area contributed by atoms with Crippen molar-refractivity contribution in [3.8, 4) is 0 Å². The fourth-order valence-corrected chi connectivity index (χ4v) is 4.12. The molecule has 0 aliphatic heterocycles. The highest BCUT2D eigenvalue weighted by atomic mass is 19.1. The molecule has 0 bridgehead atoms. The fourth-order valence-electron chi connectivity index (χ4n) is 4.12. The first-order valence-corrected chi connectivity index (χ1v) is 12.4. The molecule has 0 spiro atoms. The Morgan fingerprint density at radius 1 is 0.789 bits per heavy atom. The van der Waals surface area contributed by atoms with Crippen LogP contribution in [0.1, 0.15) is 29.5 Å². The van der Waals surface area contributed by atoms with E-state index < -0.39 is 11.2 Å². The first-order valence-electron chi connectivity index (χ1n) is 12.4. The van der Waals surface area contributed by atoms with Gasteiger partial charge < -0.3 is 10.6 Å². The van der Waals surface area contributed by atoms with Crippen LogP contribution in [0, 0.1) is 12.7 Å². The normalized spacial score (nSPS) is 10.9. The van der Waals surface area contributed by atoms with E-state index in [2.05, 4.69) is 10.6 Å². The van der Waals surface area contributed by atoms with E-state index in [0.717, 1.165) is 21.3 Å². The van der Waals surface area contributed by atoms with Gasteiger partial charge in [-0.3, -0.25) is 23.5 Å². The van der Waals surface area contributed by atoms with Crippen LogP contribution in [-0.2, 0) is 35.8 Å². The summed E-state index contributed by atoms with van der Waals surface area (Å²) < 4.78 is 15.4. The molecule has 1 aromatic heterocycles. The molecule has 0 atom stereocenters. The Balaban J connectivity index is 1.43. The van der Waals surface area contributed by atoms with Crippen molar-refractivity contribution < 1.29 is 14.0 Å². The number of nitrogens with one attached hydrogen (secondary N) is 2. The topological polar surface area (TPSA) is 102 Å². The summed E-state index contributed by atoms with van der Waals surface area (Å²) in [6.45, 7) is 2.33. The summed E-state index contributed by atoms with van der Waals surface area (Å²) in [5.74, 6) is -0.961. The highest BCUT2D eigenvalue weighted by molar-refractivity contribution is 5.81. The van der Waals surface area contributed by atoms with Crippen LogP contribution in [0.4, 0.5) is 4.39 Å². The standard InChI is InChI=1S/C29H29FN4O4/c1-20-8-10-21(11-9-20)18-32-27(36)19-34-25-6-3-2-5-24(25)28(37)33(29(34)38)16-4-7-26(35)31-17-22-12-14-23(30)15-13-22/h2-3,5-6,8-15H,4,7,16-19H2,1H3,(H,31,35)(H,32,36). The molecule has 0 unspecified atom stereocenters. The summed E-state index contributed by atoms with van der Waals surface area (Å²) in [6, 6.07) is 20.2. The van der Waals surface area contributed by atoms with Crippen molar-refractivity contribution in [1.82, 2.24) is 19.8 Å². The lowest BCUT2D eigenvalue weighted by Gasteiger charge is -2.14. The molecule has 9 heteroatoms. The van der Waals surface area contributed by atoms with Crippen molar-refractivity contribution >= 4 is 22.7 Å². The van der Waals surface area contributed by atoms with Gasteiger partial charge in [0.15, 0.2) is 0 Å². The molecule has 0 aliphatic rings. The lowest BCUT2D eigenvalue weighted by atomic mass is 10.1. The van der Waals surface area contributed by atoms with Gasteiger partial charge in [0.1, 0.15) is 12.4 Å². The van der Waals surface area contributed by atoms with Gasteiger partial charge in [-0.2, -0.15) is 0 Å². The van der Waals surface area contributed by atoms with E-state index in [4.69, 9.17) is 0 Å². The maximum atomic E-state index is 13.3. The third-order valence-electron chi connectivity index (χ3n) is 6.23. The summed E-state index contributed by atoms with van der Waals surface area (Å²) in [6.07, 6.45) is 0.347. The van der Waals surface area contributed by atoms with E-state index in [1.165, 1.54) is 16.7 Å². The zero-order valence-corrected chi connectivity index (χ0v) is 21.1. The lowest BCUT2D eigenvalue weighted by molar-refractivity contribution is -0.122. The zero-order valence-electron chi connectivity index (χ0n) is 21.1. The third kappa shape index (κ3) is 6.61. The average molecular weight is 517 g/mol. The van der Waals surface area contributed by atoms with Crippen molar-refractivity contribution in [2.75, 3.05) is 0 Å². The monoisotopic (exact) mass is 516 g/mol. The minimum Gasteiger partial charge on any atom is -0.352 e. The molecular weight excluding hydrogens is 487 g/mol. The van der Waals surface area contributed by atoms with Crippen molar-refractivity contribution in [1.29, 1.82) is 0 Å². The second-order valence-corrected chi connectivity index (χ2v) is 9.11. The smallest absolute Gasteiger partial charge is 0.331 e. The number of amides is 2. The second-order valence-electron chi connectivity index (χ2n) is 9.11. The number of carbonyl (C=O) groups excluding carboxylic acids is 2. The Morgan fingerprint density at radius 2 is 1.39 bits per heavy atom. The van der Waals surface area contributed by atoms with E-state index in [9.17, 15) is 23.6 Å². The van der Waals surface area contributed by atoms with Gasteiger partial charge in [0.25, 0.3) is 5.56 Å². The zero-order chi connectivity index (χ0) is 27.1. The number of rotatable bonds is 10. The molecule has 3 aromatic carbocycles. The molecule has 0 radical (unpaired) electrons. The number of fused-ring (bicyclic) bond motifs is 1. The number of hydrogen-bond acceptors (Lipinski definition) is 4. The summed E-state index contributed by atoms with van der Waals surface area (Å²) >= 11 is 0. The molecule has 4 rings (SSSR count). The number of aromatic nitrogens is 2. The molecule has 2 N–H and O–H groups in total. The number of para-hydroxylation sites is 1. The maximum absolute atomic E-state index is 13.3. The molecule has 0 fully saturated rings. The van der Waals surface area contributed by atoms with Gasteiger partial charge in [0, 0.05) is 26.1 Å². The van der Waals surface area contributed by atoms with Crippen LogP contribution in [0.2, 0.25) is 0 Å². The molecule has 0 saturated heterocycles. The molecule has 196 valence electrons. The van der Waals surface area contributed by atoms with Crippen LogP contribution in [-0.4, -0.2) is 20.9 Å². The van der Waals surface area contributed by atoms with Crippen LogP contribution in [0.3, 0.4) is 0 Å². The van der Waals surface area contributed by atoms with Gasteiger partial charge in [-0.15, -0.1) is 0 Å². The number of benzene rings is 3. The number of nitrogens with zero attached hydrogens (tertiary/aromatic N) is 2. The molecule has 0 saturated carbocycles. The Morgan fingerprint density at radius 3 is 2.08 bits per heavy atom. The van der Waals surface area contributed by atoms with E-state index in [1.54, 1.807) is 36.4 Å². The van der Waals surface area contributed by atoms with Crippen LogP contribution >= 0.6 is 0 Å². The van der Waals surface area contributed by atoms with Gasteiger partial charge in [-0.25, -0.2) is 9.18 Å². The van der Waals surface area contributed by atoms with Gasteiger partial charge in [-0.05, 0) is 48.7 Å². The quantitative estimate of drug-likeness (QED) is 0.338. The largest absolute Gasteiger partial charge is 0.352 e. The number of hydrogen-bond donors (Lipinski definition) is 2. The molecule has 1 heterocycles. The molecule has 0 aliphatic carbocycles. The Kier molecular flexibility index (Phi) is 8.47. The summed E-state index contributed by atoms with van der Waals surface area (Å²) in [5.41, 5.74) is 2.12. The first kappa shape index (κ1) is 26.5. The van der Waals surface area contributed by atoms with Crippen LogP contribution < -0.4 is 21.9 Å². The van der Waals surface area contributed by atoms with Crippen molar-refractivity contribution in [3.63, 3.8) is 0 Å². The number of halogens is 1. The highest BCUT2D eigenvalue weighted by Gasteiger charge is 2.15. The maximum Gasteiger partial charge on any atom is 0.331 e. The van der Waals surface area contributed by atoms with Gasteiger partial charge >= 0.3 is 5.69 Å². The van der Waals surface area contributed by atoms with Crippen LogP contribution in [0.25, 0.3) is 10.9 Å². The number of aryl methyl sites for hydroxylation is 1. The van der Waals surface area contributed by atoms with E-state index >= 15 is 0 Å². The fraction of sp³-hybridized carbons (Fsp3) is 0.241. The van der Waals surface area contributed by atoms with Crippen molar-refractivity contribution in [2.45, 2.75) is 45.9 Å². The van der Waals surface area contributed by atoms with Crippen LogP contribution in [0.15, 0.2) is 82.4 Å². The average Bonchev–Trinajstić information content (AvgIpc) is 2.92. The summed E-state index contributed by atoms with van der Waals surface area (Å²) in [7, 11) is 0. The SMILES string of the molecule is Cc1ccc(CNC(=O)Cn2c(=O)n(CCCC(=O)NCc3ccc(F)cc3)c(=O)c3ccccc32)cc1. The Labute approximate surface area is 218 Å². The Hall–Kier alpha value is -4.53. The third-order valence-corrected chi connectivity index (χ3v) is 6.23. The second kappa shape index (κ2) is 12.1. The van der Waals surface area contributed by atoms with Gasteiger partial charge in [-0.1, -0.05) is 54.1 Å². The summed E-state index contributed by atoms with van der Waals surface area (Å²) in [4.78, 5) is 51.3. The molecule has 2 amide bonds. The molecular formula is C29H29FN4O4. The minimum absolute atomic E-state index is 0.0253.